The van der Waals surface area contributed by atoms with Crippen molar-refractivity contribution in [3.05, 3.63) is 35.4 Å². The summed E-state index contributed by atoms with van der Waals surface area (Å²) in [5, 5.41) is 3.07. The third kappa shape index (κ3) is 2.99. The minimum atomic E-state index is -3.02. The number of amides is 1. The highest BCUT2D eigenvalue weighted by Crippen LogP contribution is 2.61. The van der Waals surface area contributed by atoms with E-state index in [2.05, 4.69) is 29.6 Å². The first-order valence-electron chi connectivity index (χ1n) is 8.85. The molecule has 2 atom stereocenters. The van der Waals surface area contributed by atoms with E-state index in [0.29, 0.717) is 17.8 Å². The molecule has 1 amide bonds. The Balaban J connectivity index is 1.31. The molecule has 0 aliphatic heterocycles. The number of carbonyl (C=O) groups is 1. The number of aryl methyl sites for hydroxylation is 1. The van der Waals surface area contributed by atoms with Gasteiger partial charge in [-0.25, -0.2) is 8.42 Å². The molecule has 0 aromatic heterocycles. The van der Waals surface area contributed by atoms with Crippen LogP contribution in [0.25, 0.3) is 0 Å². The van der Waals surface area contributed by atoms with Gasteiger partial charge in [-0.3, -0.25) is 4.79 Å². The van der Waals surface area contributed by atoms with E-state index in [1.54, 1.807) is 0 Å². The lowest BCUT2D eigenvalue weighted by molar-refractivity contribution is -0.122. The first-order valence-corrected chi connectivity index (χ1v) is 10.9. The summed E-state index contributed by atoms with van der Waals surface area (Å²) in [4.78, 5) is 12.3. The zero-order valence-corrected chi connectivity index (χ0v) is 15.0. The molecule has 0 bridgehead atoms. The van der Waals surface area contributed by atoms with E-state index in [0.717, 1.165) is 25.8 Å². The van der Waals surface area contributed by atoms with Crippen LogP contribution in [0.15, 0.2) is 24.3 Å². The van der Waals surface area contributed by atoms with Crippen molar-refractivity contribution in [1.29, 1.82) is 0 Å². The Labute approximate surface area is 143 Å². The summed E-state index contributed by atoms with van der Waals surface area (Å²) < 4.78 is 23.0. The Hall–Kier alpha value is -1.36. The van der Waals surface area contributed by atoms with Crippen LogP contribution in [0.2, 0.25) is 0 Å². The number of rotatable bonds is 6. The fraction of sp³-hybridized carbons (Fsp3) is 0.632. The summed E-state index contributed by atoms with van der Waals surface area (Å²) >= 11 is 0. The lowest BCUT2D eigenvalue weighted by atomic mass is 9.95. The molecule has 3 aliphatic rings. The van der Waals surface area contributed by atoms with E-state index in [9.17, 15) is 13.2 Å². The summed E-state index contributed by atoms with van der Waals surface area (Å²) in [6, 6.07) is 8.69. The second-order valence-electron chi connectivity index (χ2n) is 8.27. The maximum Gasteiger partial charge on any atom is 0.220 e. The van der Waals surface area contributed by atoms with Gasteiger partial charge in [0, 0.05) is 24.6 Å². The van der Waals surface area contributed by atoms with Gasteiger partial charge in [0.1, 0.15) is 9.84 Å². The molecule has 24 heavy (non-hydrogen) atoms. The predicted octanol–water partition coefficient (Wildman–Crippen LogP) is 2.22. The molecular weight excluding hydrogens is 322 g/mol. The minimum Gasteiger partial charge on any atom is -0.356 e. The summed E-state index contributed by atoms with van der Waals surface area (Å²) in [7, 11) is -3.02. The summed E-state index contributed by atoms with van der Waals surface area (Å²) in [6.45, 7) is 0.724. The maximum atomic E-state index is 12.3. The summed E-state index contributed by atoms with van der Waals surface area (Å²) in [6.07, 6.45) is 6.84. The quantitative estimate of drug-likeness (QED) is 0.858. The van der Waals surface area contributed by atoms with Crippen LogP contribution in [0, 0.1) is 11.3 Å². The molecule has 130 valence electrons. The molecular formula is C19H25NO3S. The van der Waals surface area contributed by atoms with E-state index < -0.39 is 9.84 Å². The van der Waals surface area contributed by atoms with Crippen molar-refractivity contribution in [2.45, 2.75) is 43.9 Å². The molecule has 4 nitrogen and oxygen atoms in total. The van der Waals surface area contributed by atoms with E-state index in [4.69, 9.17) is 0 Å². The number of hydrogen-bond acceptors (Lipinski definition) is 3. The third-order valence-electron chi connectivity index (χ3n) is 6.23. The molecule has 1 N–H and O–H groups in total. The van der Waals surface area contributed by atoms with Crippen molar-refractivity contribution in [2.75, 3.05) is 18.6 Å². The highest BCUT2D eigenvalue weighted by atomic mass is 32.2. The molecule has 1 aromatic rings. The van der Waals surface area contributed by atoms with E-state index >= 15 is 0 Å². The summed E-state index contributed by atoms with van der Waals surface area (Å²) in [5.74, 6) is 0.702. The largest absolute Gasteiger partial charge is 0.356 e. The van der Waals surface area contributed by atoms with E-state index in [1.165, 1.54) is 30.2 Å². The van der Waals surface area contributed by atoms with Gasteiger partial charge in [0.2, 0.25) is 5.91 Å². The molecule has 0 radical (unpaired) electrons. The number of hydrogen-bond donors (Lipinski definition) is 1. The molecule has 0 heterocycles. The van der Waals surface area contributed by atoms with Crippen molar-refractivity contribution < 1.29 is 13.2 Å². The van der Waals surface area contributed by atoms with Gasteiger partial charge >= 0.3 is 0 Å². The Morgan fingerprint density at radius 3 is 2.71 bits per heavy atom. The highest BCUT2D eigenvalue weighted by Gasteiger charge is 2.57. The third-order valence-corrected chi connectivity index (χ3v) is 7.37. The van der Waals surface area contributed by atoms with Gasteiger partial charge in [-0.1, -0.05) is 24.3 Å². The Morgan fingerprint density at radius 1 is 1.25 bits per heavy atom. The molecule has 4 rings (SSSR count). The lowest BCUT2D eigenvalue weighted by Gasteiger charge is -2.15. The monoisotopic (exact) mass is 347 g/mol. The topological polar surface area (TPSA) is 63.2 Å². The van der Waals surface area contributed by atoms with Gasteiger partial charge < -0.3 is 5.32 Å². The van der Waals surface area contributed by atoms with Gasteiger partial charge in [-0.15, -0.1) is 0 Å². The zero-order chi connectivity index (χ0) is 17.0. The fourth-order valence-corrected chi connectivity index (χ4v) is 6.25. The van der Waals surface area contributed by atoms with Crippen LogP contribution in [0.1, 0.15) is 43.2 Å². The first kappa shape index (κ1) is 16.1. The molecule has 3 aliphatic carbocycles. The average molecular weight is 347 g/mol. The van der Waals surface area contributed by atoms with Crippen LogP contribution >= 0.6 is 0 Å². The van der Waals surface area contributed by atoms with Crippen LogP contribution in [0.5, 0.6) is 0 Å². The molecule has 2 saturated carbocycles. The van der Waals surface area contributed by atoms with Crippen molar-refractivity contribution in [1.82, 2.24) is 5.32 Å². The smallest absolute Gasteiger partial charge is 0.220 e. The Bertz CT molecular complexity index is 782. The zero-order valence-electron chi connectivity index (χ0n) is 14.2. The fourth-order valence-electron chi connectivity index (χ4n) is 4.75. The second kappa shape index (κ2) is 5.32. The standard InChI is InChI=1S/C19H25NO3S/c1-24(22,23)13-18(8-9-18)11-17(21)20-12-15-10-19(15)7-6-14-4-2-3-5-16(14)19/h2-5,15H,6-13H2,1H3,(H,20,21)/t15-,19+/m1/s1. The highest BCUT2D eigenvalue weighted by molar-refractivity contribution is 7.90. The number of benzene rings is 1. The van der Waals surface area contributed by atoms with Gasteiger partial charge in [0.05, 0.1) is 5.75 Å². The van der Waals surface area contributed by atoms with Crippen LogP contribution in [0.4, 0.5) is 0 Å². The second-order valence-corrected chi connectivity index (χ2v) is 10.4. The minimum absolute atomic E-state index is 0.0180. The lowest BCUT2D eigenvalue weighted by Crippen LogP contribution is -2.31. The van der Waals surface area contributed by atoms with E-state index in [1.807, 2.05) is 0 Å². The van der Waals surface area contributed by atoms with Crippen molar-refractivity contribution in [2.24, 2.45) is 11.3 Å². The number of sulfone groups is 1. The molecule has 5 heteroatoms. The van der Waals surface area contributed by atoms with Crippen LogP contribution in [0.3, 0.4) is 0 Å². The van der Waals surface area contributed by atoms with E-state index in [-0.39, 0.29) is 17.1 Å². The average Bonchev–Trinajstić information content (AvgIpc) is 3.36. The summed E-state index contributed by atoms with van der Waals surface area (Å²) in [5.41, 5.74) is 2.98. The van der Waals surface area contributed by atoms with Crippen molar-refractivity contribution >= 4 is 15.7 Å². The molecule has 1 aromatic carbocycles. The van der Waals surface area contributed by atoms with Gasteiger partial charge in [0.15, 0.2) is 0 Å². The number of fused-ring (bicyclic) bond motifs is 2. The molecule has 1 spiro atoms. The molecule has 0 saturated heterocycles. The van der Waals surface area contributed by atoms with Crippen LogP contribution < -0.4 is 5.32 Å². The SMILES string of the molecule is CS(=O)(=O)CC1(CC(=O)NC[C@H]2C[C@@]23CCc2ccccc23)CC1. The Kier molecular flexibility index (Phi) is 3.57. The van der Waals surface area contributed by atoms with Crippen LogP contribution in [-0.2, 0) is 26.5 Å². The normalized spacial score (nSPS) is 29.3. The maximum absolute atomic E-state index is 12.3. The first-order chi connectivity index (χ1) is 11.3. The van der Waals surface area contributed by atoms with Crippen molar-refractivity contribution in [3.8, 4) is 0 Å². The van der Waals surface area contributed by atoms with Gasteiger partial charge in [0.25, 0.3) is 0 Å². The molecule has 2 fully saturated rings. The number of nitrogens with one attached hydrogen (secondary N) is 1. The van der Waals surface area contributed by atoms with Crippen LogP contribution in [-0.4, -0.2) is 32.9 Å². The predicted molar refractivity (Wildman–Crippen MR) is 93.6 cm³/mol. The number of carbonyl (C=O) groups excluding carboxylic acids is 1. The Morgan fingerprint density at radius 2 is 2.00 bits per heavy atom. The van der Waals surface area contributed by atoms with Gasteiger partial charge in [-0.2, -0.15) is 0 Å². The van der Waals surface area contributed by atoms with Gasteiger partial charge in [-0.05, 0) is 54.6 Å². The van der Waals surface area contributed by atoms with Crippen molar-refractivity contribution in [3.63, 3.8) is 0 Å². The molecule has 0 unspecified atom stereocenters.